The van der Waals surface area contributed by atoms with Crippen molar-refractivity contribution < 1.29 is 9.53 Å². The molecule has 0 radical (unpaired) electrons. The number of aromatic nitrogens is 2. The van der Waals surface area contributed by atoms with Crippen LogP contribution in [-0.4, -0.2) is 29.3 Å². The van der Waals surface area contributed by atoms with Crippen molar-refractivity contribution in [2.45, 2.75) is 0 Å². The van der Waals surface area contributed by atoms with Gasteiger partial charge in [0.15, 0.2) is 0 Å². The normalized spacial score (nSPS) is 10.2. The van der Waals surface area contributed by atoms with Gasteiger partial charge in [0.1, 0.15) is 11.3 Å². The van der Waals surface area contributed by atoms with Crippen LogP contribution in [0.1, 0.15) is 16.1 Å². The van der Waals surface area contributed by atoms with E-state index in [0.29, 0.717) is 16.9 Å². The van der Waals surface area contributed by atoms with E-state index in [-0.39, 0.29) is 0 Å². The van der Waals surface area contributed by atoms with E-state index in [1.807, 2.05) is 0 Å². The van der Waals surface area contributed by atoms with Gasteiger partial charge in [0.05, 0.1) is 7.11 Å². The lowest BCUT2D eigenvalue weighted by Crippen LogP contribution is -2.00. The van der Waals surface area contributed by atoms with Crippen molar-refractivity contribution in [3.8, 4) is 0 Å². The number of hydrogen-bond donors (Lipinski definition) is 2. The molecule has 0 aliphatic rings. The summed E-state index contributed by atoms with van der Waals surface area (Å²) in [6.07, 6.45) is 2.77. The Bertz CT molecular complexity index is 530. The average molecular weight is 203 g/mol. The van der Waals surface area contributed by atoms with Crippen LogP contribution in [-0.2, 0) is 4.74 Å². The van der Waals surface area contributed by atoms with E-state index in [9.17, 15) is 4.79 Å². The molecule has 15 heavy (non-hydrogen) atoms. The lowest BCUT2D eigenvalue weighted by molar-refractivity contribution is 0.0595. The second kappa shape index (κ2) is 3.53. The molecule has 0 spiro atoms. The number of fused-ring (bicyclic) bond motifs is 1. The van der Waals surface area contributed by atoms with E-state index < -0.39 is 5.97 Å². The molecule has 2 N–H and O–H groups in total. The lowest BCUT2D eigenvalue weighted by atomic mass is 10.2. The summed E-state index contributed by atoms with van der Waals surface area (Å²) < 4.78 is 4.58. The Morgan fingerprint density at radius 2 is 2.40 bits per heavy atom. The Hall–Kier alpha value is -2.17. The first-order valence-electron chi connectivity index (χ1n) is 4.32. The quantitative estimate of drug-likeness (QED) is 0.571. The number of carbonyl (C=O) groups excluding carboxylic acids is 1. The molecule has 5 nitrogen and oxygen atoms in total. The number of carbonyl (C=O) groups is 1. The fourth-order valence-electron chi connectivity index (χ4n) is 1.33. The van der Waals surface area contributed by atoms with Gasteiger partial charge in [-0.2, -0.15) is 0 Å². The second-order valence-electron chi connectivity index (χ2n) is 3.03. The molecule has 0 atom stereocenters. The average Bonchev–Trinajstić information content (AvgIpc) is 2.70. The van der Waals surface area contributed by atoms with Crippen LogP contribution in [0.15, 0.2) is 18.3 Å². The van der Waals surface area contributed by atoms with Gasteiger partial charge in [-0.15, -0.1) is 0 Å². The molecule has 2 aromatic rings. The Balaban J connectivity index is 2.55. The highest BCUT2D eigenvalue weighted by molar-refractivity contribution is 5.95. The van der Waals surface area contributed by atoms with Gasteiger partial charge in [0, 0.05) is 23.4 Å². The first-order chi connectivity index (χ1) is 7.24. The number of ether oxygens (including phenoxy) is 1. The van der Waals surface area contributed by atoms with E-state index in [4.69, 9.17) is 5.41 Å². The fourth-order valence-corrected chi connectivity index (χ4v) is 1.33. The summed E-state index contributed by atoms with van der Waals surface area (Å²) in [4.78, 5) is 18.1. The standard InChI is InChI=1S/C10H9N3O2/c1-15-10(14)8-3-7-2-6(4-11)5-12-9(7)13-8/h2-5,11H,1H3,(H,12,13). The minimum absolute atomic E-state index is 0.363. The van der Waals surface area contributed by atoms with Gasteiger partial charge in [-0.05, 0) is 12.1 Å². The third kappa shape index (κ3) is 1.59. The molecule has 0 aliphatic heterocycles. The summed E-state index contributed by atoms with van der Waals surface area (Å²) in [5.41, 5.74) is 1.67. The monoisotopic (exact) mass is 203 g/mol. The van der Waals surface area contributed by atoms with Crippen molar-refractivity contribution in [2.75, 3.05) is 7.11 Å². The lowest BCUT2D eigenvalue weighted by Gasteiger charge is -1.91. The maximum absolute atomic E-state index is 11.2. The van der Waals surface area contributed by atoms with Crippen molar-refractivity contribution in [3.05, 3.63) is 29.6 Å². The molecule has 0 unspecified atom stereocenters. The predicted octanol–water partition coefficient (Wildman–Crippen LogP) is 1.35. The predicted molar refractivity (Wildman–Crippen MR) is 55.3 cm³/mol. The van der Waals surface area contributed by atoms with Gasteiger partial charge in [-0.3, -0.25) is 0 Å². The Labute approximate surface area is 85.6 Å². The smallest absolute Gasteiger partial charge is 0.354 e. The largest absolute Gasteiger partial charge is 0.464 e. The summed E-state index contributed by atoms with van der Waals surface area (Å²) in [5.74, 6) is -0.426. The minimum atomic E-state index is -0.426. The van der Waals surface area contributed by atoms with Crippen LogP contribution < -0.4 is 0 Å². The molecule has 0 fully saturated rings. The van der Waals surface area contributed by atoms with Crippen LogP contribution >= 0.6 is 0 Å². The molecule has 0 bridgehead atoms. The van der Waals surface area contributed by atoms with Crippen LogP contribution in [0.3, 0.4) is 0 Å². The molecule has 0 aromatic carbocycles. The highest BCUT2D eigenvalue weighted by Crippen LogP contribution is 2.14. The first kappa shape index (κ1) is 9.39. The number of rotatable bonds is 2. The highest BCUT2D eigenvalue weighted by Gasteiger charge is 2.09. The van der Waals surface area contributed by atoms with Crippen LogP contribution in [0.25, 0.3) is 11.0 Å². The maximum Gasteiger partial charge on any atom is 0.354 e. The van der Waals surface area contributed by atoms with Crippen LogP contribution in [0.5, 0.6) is 0 Å². The summed E-state index contributed by atoms with van der Waals surface area (Å²) >= 11 is 0. The number of nitrogens with one attached hydrogen (secondary N) is 2. The molecular formula is C10H9N3O2. The number of H-pyrrole nitrogens is 1. The molecule has 0 amide bonds. The zero-order valence-corrected chi connectivity index (χ0v) is 8.07. The number of aromatic amines is 1. The third-order valence-electron chi connectivity index (χ3n) is 2.06. The Morgan fingerprint density at radius 3 is 3.07 bits per heavy atom. The molecule has 0 saturated heterocycles. The number of methoxy groups -OCH3 is 1. The van der Waals surface area contributed by atoms with Crippen molar-refractivity contribution in [2.24, 2.45) is 0 Å². The summed E-state index contributed by atoms with van der Waals surface area (Å²) in [6, 6.07) is 3.43. The van der Waals surface area contributed by atoms with Gasteiger partial charge < -0.3 is 15.1 Å². The minimum Gasteiger partial charge on any atom is -0.464 e. The SMILES string of the molecule is COC(=O)c1cc2cc(C=N)cnc2[nH]1. The Kier molecular flexibility index (Phi) is 2.21. The highest BCUT2D eigenvalue weighted by atomic mass is 16.5. The number of hydrogen-bond acceptors (Lipinski definition) is 4. The first-order valence-corrected chi connectivity index (χ1v) is 4.32. The zero-order valence-electron chi connectivity index (χ0n) is 8.07. The van der Waals surface area contributed by atoms with Gasteiger partial charge in [0.25, 0.3) is 0 Å². The molecule has 2 heterocycles. The molecule has 2 rings (SSSR count). The third-order valence-corrected chi connectivity index (χ3v) is 2.06. The van der Waals surface area contributed by atoms with Crippen molar-refractivity contribution >= 4 is 23.2 Å². The second-order valence-corrected chi connectivity index (χ2v) is 3.03. The van der Waals surface area contributed by atoms with Gasteiger partial charge in [0.2, 0.25) is 0 Å². The van der Waals surface area contributed by atoms with Crippen LogP contribution in [0, 0.1) is 5.41 Å². The van der Waals surface area contributed by atoms with E-state index in [0.717, 1.165) is 5.39 Å². The van der Waals surface area contributed by atoms with E-state index in [2.05, 4.69) is 14.7 Å². The molecular weight excluding hydrogens is 194 g/mol. The molecule has 5 heteroatoms. The summed E-state index contributed by atoms with van der Waals surface area (Å²) in [7, 11) is 1.32. The molecule has 0 aliphatic carbocycles. The molecule has 2 aromatic heterocycles. The summed E-state index contributed by atoms with van der Waals surface area (Å²) in [5, 5.41) is 7.87. The van der Waals surface area contributed by atoms with E-state index in [1.54, 1.807) is 18.3 Å². The van der Waals surface area contributed by atoms with Crippen molar-refractivity contribution in [1.82, 2.24) is 9.97 Å². The fraction of sp³-hybridized carbons (Fsp3) is 0.100. The number of esters is 1. The summed E-state index contributed by atoms with van der Waals surface area (Å²) in [6.45, 7) is 0. The van der Waals surface area contributed by atoms with E-state index >= 15 is 0 Å². The Morgan fingerprint density at radius 1 is 1.60 bits per heavy atom. The van der Waals surface area contributed by atoms with Crippen LogP contribution in [0.2, 0.25) is 0 Å². The maximum atomic E-state index is 11.2. The van der Waals surface area contributed by atoms with Crippen molar-refractivity contribution in [3.63, 3.8) is 0 Å². The van der Waals surface area contributed by atoms with Gasteiger partial charge >= 0.3 is 5.97 Å². The van der Waals surface area contributed by atoms with E-state index in [1.165, 1.54) is 13.3 Å². The van der Waals surface area contributed by atoms with Crippen molar-refractivity contribution in [1.29, 1.82) is 5.41 Å². The number of pyridine rings is 1. The van der Waals surface area contributed by atoms with Gasteiger partial charge in [-0.25, -0.2) is 9.78 Å². The van der Waals surface area contributed by atoms with Crippen LogP contribution in [0.4, 0.5) is 0 Å². The number of nitrogens with zero attached hydrogens (tertiary/aromatic N) is 1. The molecule has 0 saturated carbocycles. The van der Waals surface area contributed by atoms with Gasteiger partial charge in [-0.1, -0.05) is 0 Å². The molecule has 76 valence electrons. The topological polar surface area (TPSA) is 78.8 Å². The zero-order chi connectivity index (χ0) is 10.8.